The Morgan fingerprint density at radius 2 is 1.72 bits per heavy atom. The molecule has 0 N–H and O–H groups in total. The summed E-state index contributed by atoms with van der Waals surface area (Å²) in [5, 5.41) is 0. The molecule has 1 aromatic rings. The Morgan fingerprint density at radius 3 is 2.11 bits per heavy atom. The lowest BCUT2D eigenvalue weighted by Gasteiger charge is -2.14. The summed E-state index contributed by atoms with van der Waals surface area (Å²) in [5.74, 6) is 1.08. The van der Waals surface area contributed by atoms with Crippen molar-refractivity contribution in [1.82, 2.24) is 0 Å². The maximum absolute atomic E-state index is 11.9. The summed E-state index contributed by atoms with van der Waals surface area (Å²) in [4.78, 5) is 11.9. The van der Waals surface area contributed by atoms with E-state index in [1.165, 1.54) is 0 Å². The Labute approximate surface area is 110 Å². The average Bonchev–Trinajstić information content (AvgIpc) is 2.63. The SMILES string of the molecule is C/C(=C\C(=O)C(C)(C)C)c1coc(C(C)(C)C)c1. The van der Waals surface area contributed by atoms with Gasteiger partial charge in [0.1, 0.15) is 5.76 Å². The summed E-state index contributed by atoms with van der Waals surface area (Å²) in [5.41, 5.74) is 1.59. The molecule has 0 fully saturated rings. The normalized spacial score (nSPS) is 13.8. The van der Waals surface area contributed by atoms with E-state index in [0.717, 1.165) is 16.9 Å². The highest BCUT2D eigenvalue weighted by Crippen LogP contribution is 2.28. The highest BCUT2D eigenvalue weighted by molar-refractivity contribution is 5.99. The zero-order valence-electron chi connectivity index (χ0n) is 12.5. The average molecular weight is 248 g/mol. The van der Waals surface area contributed by atoms with E-state index in [4.69, 9.17) is 4.42 Å². The molecule has 0 radical (unpaired) electrons. The van der Waals surface area contributed by atoms with Gasteiger partial charge in [-0.25, -0.2) is 0 Å². The van der Waals surface area contributed by atoms with E-state index in [1.807, 2.05) is 33.8 Å². The summed E-state index contributed by atoms with van der Waals surface area (Å²) in [6.45, 7) is 14.0. The number of rotatable bonds is 2. The van der Waals surface area contributed by atoms with E-state index in [2.05, 4.69) is 20.8 Å². The van der Waals surface area contributed by atoms with Crippen molar-refractivity contribution in [3.8, 4) is 0 Å². The number of ketones is 1. The maximum Gasteiger partial charge on any atom is 0.161 e. The van der Waals surface area contributed by atoms with Crippen LogP contribution < -0.4 is 0 Å². The van der Waals surface area contributed by atoms with Gasteiger partial charge in [-0.1, -0.05) is 41.5 Å². The minimum absolute atomic E-state index is 0.00737. The van der Waals surface area contributed by atoms with E-state index in [0.29, 0.717) is 0 Å². The molecule has 1 heterocycles. The second-order valence-electron chi connectivity index (χ2n) is 6.89. The summed E-state index contributed by atoms with van der Waals surface area (Å²) < 4.78 is 5.57. The van der Waals surface area contributed by atoms with E-state index in [-0.39, 0.29) is 16.6 Å². The largest absolute Gasteiger partial charge is 0.468 e. The van der Waals surface area contributed by atoms with Crippen LogP contribution in [-0.2, 0) is 10.2 Å². The third-order valence-corrected chi connectivity index (χ3v) is 2.88. The number of carbonyl (C=O) groups is 1. The standard InChI is InChI=1S/C16H24O2/c1-11(8-13(17)15(2,3)4)12-9-14(18-10-12)16(5,6)7/h8-10H,1-7H3/b11-8+. The number of carbonyl (C=O) groups excluding carboxylic acids is 1. The molecule has 0 aliphatic rings. The van der Waals surface area contributed by atoms with Crippen molar-refractivity contribution in [2.45, 2.75) is 53.9 Å². The molecule has 0 atom stereocenters. The molecule has 0 saturated heterocycles. The third kappa shape index (κ3) is 3.59. The van der Waals surface area contributed by atoms with Crippen LogP contribution >= 0.6 is 0 Å². The van der Waals surface area contributed by atoms with Crippen LogP contribution in [0.5, 0.6) is 0 Å². The molecule has 0 aliphatic carbocycles. The van der Waals surface area contributed by atoms with E-state index in [1.54, 1.807) is 12.3 Å². The lowest BCUT2D eigenvalue weighted by Crippen LogP contribution is -2.17. The second-order valence-corrected chi connectivity index (χ2v) is 6.89. The Morgan fingerprint density at radius 1 is 1.17 bits per heavy atom. The zero-order chi connectivity index (χ0) is 14.1. The fourth-order valence-corrected chi connectivity index (χ4v) is 1.43. The fraction of sp³-hybridized carbons (Fsp3) is 0.562. The first-order valence-electron chi connectivity index (χ1n) is 6.34. The van der Waals surface area contributed by atoms with Gasteiger partial charge in [0.25, 0.3) is 0 Å². The van der Waals surface area contributed by atoms with Crippen LogP contribution in [0.25, 0.3) is 5.57 Å². The van der Waals surface area contributed by atoms with Gasteiger partial charge >= 0.3 is 0 Å². The van der Waals surface area contributed by atoms with Gasteiger partial charge in [0.2, 0.25) is 0 Å². The molecule has 100 valence electrons. The van der Waals surface area contributed by atoms with E-state index < -0.39 is 0 Å². The molecule has 0 saturated carbocycles. The molecule has 0 spiro atoms. The first kappa shape index (κ1) is 14.7. The van der Waals surface area contributed by atoms with Crippen LogP contribution in [-0.4, -0.2) is 5.78 Å². The molecular weight excluding hydrogens is 224 g/mol. The van der Waals surface area contributed by atoms with Crippen LogP contribution in [0.3, 0.4) is 0 Å². The molecule has 18 heavy (non-hydrogen) atoms. The Balaban J connectivity index is 2.99. The van der Waals surface area contributed by atoms with Gasteiger partial charge < -0.3 is 4.42 Å². The predicted molar refractivity (Wildman–Crippen MR) is 75.5 cm³/mol. The lowest BCUT2D eigenvalue weighted by molar-refractivity contribution is -0.121. The monoisotopic (exact) mass is 248 g/mol. The summed E-state index contributed by atoms with van der Waals surface area (Å²) >= 11 is 0. The minimum Gasteiger partial charge on any atom is -0.468 e. The first-order valence-corrected chi connectivity index (χ1v) is 6.34. The van der Waals surface area contributed by atoms with Crippen molar-refractivity contribution in [3.63, 3.8) is 0 Å². The Kier molecular flexibility index (Phi) is 3.89. The fourth-order valence-electron chi connectivity index (χ4n) is 1.43. The minimum atomic E-state index is -0.335. The maximum atomic E-state index is 11.9. The molecular formula is C16H24O2. The Bertz CT molecular complexity index is 462. The highest BCUT2D eigenvalue weighted by Gasteiger charge is 2.21. The number of hydrogen-bond donors (Lipinski definition) is 0. The third-order valence-electron chi connectivity index (χ3n) is 2.88. The summed E-state index contributed by atoms with van der Waals surface area (Å²) in [6.07, 6.45) is 3.43. The van der Waals surface area contributed by atoms with E-state index >= 15 is 0 Å². The van der Waals surface area contributed by atoms with Crippen molar-refractivity contribution >= 4 is 11.4 Å². The van der Waals surface area contributed by atoms with Crippen LogP contribution in [0.15, 0.2) is 22.8 Å². The number of hydrogen-bond acceptors (Lipinski definition) is 2. The van der Waals surface area contributed by atoms with Crippen molar-refractivity contribution in [2.75, 3.05) is 0 Å². The van der Waals surface area contributed by atoms with Gasteiger partial charge in [0.15, 0.2) is 5.78 Å². The van der Waals surface area contributed by atoms with Gasteiger partial charge in [-0.2, -0.15) is 0 Å². The first-order chi connectivity index (χ1) is 8.01. The van der Waals surface area contributed by atoms with Crippen LogP contribution in [0.1, 0.15) is 59.8 Å². The van der Waals surface area contributed by atoms with Crippen LogP contribution in [0.2, 0.25) is 0 Å². The molecule has 1 rings (SSSR count). The van der Waals surface area contributed by atoms with Crippen LogP contribution in [0, 0.1) is 5.41 Å². The molecule has 0 unspecified atom stereocenters. The molecule has 1 aromatic heterocycles. The number of furan rings is 1. The van der Waals surface area contributed by atoms with Crippen molar-refractivity contribution in [1.29, 1.82) is 0 Å². The molecule has 0 amide bonds. The second kappa shape index (κ2) is 4.75. The number of allylic oxidation sites excluding steroid dienone is 2. The van der Waals surface area contributed by atoms with Gasteiger partial charge in [-0.05, 0) is 24.6 Å². The molecule has 0 aliphatic heterocycles. The van der Waals surface area contributed by atoms with Gasteiger partial charge in [0.05, 0.1) is 6.26 Å². The van der Waals surface area contributed by atoms with Crippen molar-refractivity contribution in [2.24, 2.45) is 5.41 Å². The molecule has 0 bridgehead atoms. The quantitative estimate of drug-likeness (QED) is 0.716. The van der Waals surface area contributed by atoms with Gasteiger partial charge in [-0.15, -0.1) is 0 Å². The highest BCUT2D eigenvalue weighted by atomic mass is 16.3. The molecule has 2 nitrogen and oxygen atoms in total. The van der Waals surface area contributed by atoms with Crippen molar-refractivity contribution in [3.05, 3.63) is 29.7 Å². The lowest BCUT2D eigenvalue weighted by atomic mass is 9.89. The van der Waals surface area contributed by atoms with Crippen LogP contribution in [0.4, 0.5) is 0 Å². The van der Waals surface area contributed by atoms with Gasteiger partial charge in [0, 0.05) is 16.4 Å². The van der Waals surface area contributed by atoms with Gasteiger partial charge in [-0.3, -0.25) is 4.79 Å². The smallest absolute Gasteiger partial charge is 0.161 e. The summed E-state index contributed by atoms with van der Waals surface area (Å²) in [6, 6.07) is 2.02. The molecule has 2 heteroatoms. The molecule has 0 aromatic carbocycles. The topological polar surface area (TPSA) is 30.2 Å². The zero-order valence-corrected chi connectivity index (χ0v) is 12.5. The van der Waals surface area contributed by atoms with Crippen molar-refractivity contribution < 1.29 is 9.21 Å². The summed E-state index contributed by atoms with van der Waals surface area (Å²) in [7, 11) is 0. The predicted octanol–water partition coefficient (Wildman–Crippen LogP) is 4.60. The van der Waals surface area contributed by atoms with E-state index in [9.17, 15) is 4.79 Å². The Hall–Kier alpha value is -1.31.